The quantitative estimate of drug-likeness (QED) is 0.704. The summed E-state index contributed by atoms with van der Waals surface area (Å²) in [6.07, 6.45) is 1.00. The molecule has 27 heavy (non-hydrogen) atoms. The molecule has 0 radical (unpaired) electrons. The van der Waals surface area contributed by atoms with Crippen LogP contribution in [0.1, 0.15) is 35.3 Å². The summed E-state index contributed by atoms with van der Waals surface area (Å²) < 4.78 is 13.1. The minimum absolute atomic E-state index is 0.252. The van der Waals surface area contributed by atoms with Gasteiger partial charge >= 0.3 is 0 Å². The molecule has 0 bridgehead atoms. The number of nitrogens with zero attached hydrogens (tertiary/aromatic N) is 3. The standard InChI is InChI=1S/C22H23FN4/c1-14-15(2)24-22(25-19-10-8-18(23)9-11-19)26-21(14)27-13-12-17-6-4-5-7-20(17)16(27)3/h4-11,16H,12-13H2,1-3H3,(H,24,25,26)/t16-/m0/s1. The third-order valence-electron chi connectivity index (χ3n) is 5.33. The molecule has 1 aliphatic heterocycles. The van der Waals surface area contributed by atoms with Crippen LogP contribution in [0.3, 0.4) is 0 Å². The molecular weight excluding hydrogens is 339 g/mol. The van der Waals surface area contributed by atoms with Gasteiger partial charge in [-0.25, -0.2) is 9.37 Å². The zero-order chi connectivity index (χ0) is 19.0. The van der Waals surface area contributed by atoms with Crippen LogP contribution in [0.25, 0.3) is 0 Å². The fourth-order valence-electron chi connectivity index (χ4n) is 3.67. The molecule has 1 N–H and O–H groups in total. The van der Waals surface area contributed by atoms with Crippen molar-refractivity contribution < 1.29 is 4.39 Å². The molecule has 0 saturated heterocycles. The second kappa shape index (κ2) is 6.99. The predicted molar refractivity (Wildman–Crippen MR) is 107 cm³/mol. The van der Waals surface area contributed by atoms with E-state index in [1.807, 2.05) is 6.92 Å². The van der Waals surface area contributed by atoms with E-state index >= 15 is 0 Å². The van der Waals surface area contributed by atoms with E-state index in [-0.39, 0.29) is 11.9 Å². The van der Waals surface area contributed by atoms with Crippen LogP contribution in [0, 0.1) is 19.7 Å². The molecule has 5 heteroatoms. The highest BCUT2D eigenvalue weighted by molar-refractivity contribution is 5.59. The first-order chi connectivity index (χ1) is 13.0. The van der Waals surface area contributed by atoms with Gasteiger partial charge in [-0.15, -0.1) is 0 Å². The first-order valence-corrected chi connectivity index (χ1v) is 9.25. The summed E-state index contributed by atoms with van der Waals surface area (Å²) in [5.74, 6) is 1.22. The first-order valence-electron chi connectivity index (χ1n) is 9.25. The Hall–Kier alpha value is -2.95. The van der Waals surface area contributed by atoms with Crippen LogP contribution < -0.4 is 10.2 Å². The molecule has 0 spiro atoms. The summed E-state index contributed by atoms with van der Waals surface area (Å²) in [5, 5.41) is 3.20. The smallest absolute Gasteiger partial charge is 0.229 e. The van der Waals surface area contributed by atoms with Gasteiger partial charge in [-0.1, -0.05) is 24.3 Å². The van der Waals surface area contributed by atoms with E-state index in [2.05, 4.69) is 53.3 Å². The highest BCUT2D eigenvalue weighted by Crippen LogP contribution is 2.35. The maximum atomic E-state index is 13.1. The predicted octanol–water partition coefficient (Wildman–Crippen LogP) is 5.10. The molecule has 0 saturated carbocycles. The number of fused-ring (bicyclic) bond motifs is 1. The van der Waals surface area contributed by atoms with Gasteiger partial charge in [0.25, 0.3) is 0 Å². The van der Waals surface area contributed by atoms with E-state index in [1.54, 1.807) is 12.1 Å². The monoisotopic (exact) mass is 362 g/mol. The number of halogens is 1. The molecule has 0 aliphatic carbocycles. The number of nitrogens with one attached hydrogen (secondary N) is 1. The third kappa shape index (κ3) is 3.37. The van der Waals surface area contributed by atoms with Gasteiger partial charge in [-0.3, -0.25) is 0 Å². The molecular formula is C22H23FN4. The molecule has 4 rings (SSSR count). The van der Waals surface area contributed by atoms with Crippen molar-refractivity contribution in [1.29, 1.82) is 0 Å². The summed E-state index contributed by atoms with van der Waals surface area (Å²) in [5.41, 5.74) is 5.56. The van der Waals surface area contributed by atoms with Crippen LogP contribution in [-0.4, -0.2) is 16.5 Å². The molecule has 0 unspecified atom stereocenters. The van der Waals surface area contributed by atoms with Gasteiger partial charge in [-0.05, 0) is 62.6 Å². The molecule has 1 atom stereocenters. The lowest BCUT2D eigenvalue weighted by Crippen LogP contribution is -2.35. The zero-order valence-corrected chi connectivity index (χ0v) is 15.8. The number of benzene rings is 2. The Labute approximate surface area is 159 Å². The van der Waals surface area contributed by atoms with Crippen molar-refractivity contribution in [1.82, 2.24) is 9.97 Å². The van der Waals surface area contributed by atoms with E-state index in [9.17, 15) is 4.39 Å². The van der Waals surface area contributed by atoms with Crippen LogP contribution in [-0.2, 0) is 6.42 Å². The summed E-state index contributed by atoms with van der Waals surface area (Å²) in [4.78, 5) is 11.7. The number of rotatable bonds is 3. The maximum Gasteiger partial charge on any atom is 0.229 e. The Morgan fingerprint density at radius 3 is 2.56 bits per heavy atom. The molecule has 0 fully saturated rings. The van der Waals surface area contributed by atoms with E-state index in [1.165, 1.54) is 23.3 Å². The lowest BCUT2D eigenvalue weighted by Gasteiger charge is -2.37. The van der Waals surface area contributed by atoms with Crippen LogP contribution >= 0.6 is 0 Å². The van der Waals surface area contributed by atoms with E-state index in [4.69, 9.17) is 4.98 Å². The van der Waals surface area contributed by atoms with Crippen molar-refractivity contribution in [2.75, 3.05) is 16.8 Å². The van der Waals surface area contributed by atoms with Gasteiger partial charge in [0.15, 0.2) is 0 Å². The van der Waals surface area contributed by atoms with Gasteiger partial charge in [-0.2, -0.15) is 4.98 Å². The molecule has 0 amide bonds. The number of anilines is 3. The molecule has 2 heterocycles. The minimum atomic E-state index is -0.261. The SMILES string of the molecule is Cc1nc(Nc2ccc(F)cc2)nc(N2CCc3ccccc3[C@@H]2C)c1C. The van der Waals surface area contributed by atoms with Crippen molar-refractivity contribution in [2.45, 2.75) is 33.2 Å². The second-order valence-corrected chi connectivity index (χ2v) is 7.03. The molecule has 4 nitrogen and oxygen atoms in total. The average Bonchev–Trinajstić information content (AvgIpc) is 2.67. The lowest BCUT2D eigenvalue weighted by molar-refractivity contribution is 0.614. The number of hydrogen-bond donors (Lipinski definition) is 1. The minimum Gasteiger partial charge on any atom is -0.349 e. The van der Waals surface area contributed by atoms with Crippen molar-refractivity contribution >= 4 is 17.5 Å². The highest BCUT2D eigenvalue weighted by atomic mass is 19.1. The van der Waals surface area contributed by atoms with Gasteiger partial charge < -0.3 is 10.2 Å². The van der Waals surface area contributed by atoms with E-state index in [0.717, 1.165) is 35.7 Å². The second-order valence-electron chi connectivity index (χ2n) is 7.03. The largest absolute Gasteiger partial charge is 0.349 e. The Morgan fingerprint density at radius 1 is 1.04 bits per heavy atom. The maximum absolute atomic E-state index is 13.1. The van der Waals surface area contributed by atoms with E-state index in [0.29, 0.717) is 5.95 Å². The molecule has 1 aliphatic rings. The third-order valence-corrected chi connectivity index (χ3v) is 5.33. The number of aromatic nitrogens is 2. The lowest BCUT2D eigenvalue weighted by atomic mass is 9.93. The summed E-state index contributed by atoms with van der Waals surface area (Å²) in [6.45, 7) is 7.21. The van der Waals surface area contributed by atoms with Crippen molar-refractivity contribution in [2.24, 2.45) is 0 Å². The van der Waals surface area contributed by atoms with Gasteiger partial charge in [0.05, 0.1) is 6.04 Å². The van der Waals surface area contributed by atoms with Crippen LogP contribution in [0.4, 0.5) is 21.8 Å². The summed E-state index contributed by atoms with van der Waals surface area (Å²) >= 11 is 0. The number of aryl methyl sites for hydroxylation is 1. The normalized spacial score (nSPS) is 16.1. The van der Waals surface area contributed by atoms with Gasteiger partial charge in [0, 0.05) is 23.5 Å². The topological polar surface area (TPSA) is 41.1 Å². The Kier molecular flexibility index (Phi) is 4.52. The molecule has 2 aromatic carbocycles. The fourth-order valence-corrected chi connectivity index (χ4v) is 3.67. The van der Waals surface area contributed by atoms with Crippen LogP contribution in [0.15, 0.2) is 48.5 Å². The molecule has 138 valence electrons. The molecule has 3 aromatic rings. The van der Waals surface area contributed by atoms with E-state index < -0.39 is 0 Å². The Bertz CT molecular complexity index is 969. The Balaban J connectivity index is 1.68. The van der Waals surface area contributed by atoms with Gasteiger partial charge in [0.2, 0.25) is 5.95 Å². The van der Waals surface area contributed by atoms with Crippen molar-refractivity contribution in [3.05, 3.63) is 76.7 Å². The van der Waals surface area contributed by atoms with Gasteiger partial charge in [0.1, 0.15) is 11.6 Å². The highest BCUT2D eigenvalue weighted by Gasteiger charge is 2.26. The van der Waals surface area contributed by atoms with Crippen molar-refractivity contribution in [3.8, 4) is 0 Å². The summed E-state index contributed by atoms with van der Waals surface area (Å²) in [6, 6.07) is 15.1. The number of hydrogen-bond acceptors (Lipinski definition) is 4. The summed E-state index contributed by atoms with van der Waals surface area (Å²) in [7, 11) is 0. The van der Waals surface area contributed by atoms with Crippen LogP contribution in [0.2, 0.25) is 0 Å². The molecule has 1 aromatic heterocycles. The fraction of sp³-hybridized carbons (Fsp3) is 0.273. The average molecular weight is 362 g/mol. The Morgan fingerprint density at radius 2 is 1.78 bits per heavy atom. The van der Waals surface area contributed by atoms with Crippen LogP contribution in [0.5, 0.6) is 0 Å². The first kappa shape index (κ1) is 17.5. The van der Waals surface area contributed by atoms with Crippen molar-refractivity contribution in [3.63, 3.8) is 0 Å². The zero-order valence-electron chi connectivity index (χ0n) is 15.8.